The van der Waals surface area contributed by atoms with Crippen LogP contribution in [-0.4, -0.2) is 16.1 Å². The van der Waals surface area contributed by atoms with Crippen molar-refractivity contribution in [2.75, 3.05) is 6.54 Å². The van der Waals surface area contributed by atoms with E-state index in [0.29, 0.717) is 0 Å². The van der Waals surface area contributed by atoms with Gasteiger partial charge in [0.1, 0.15) is 17.4 Å². The summed E-state index contributed by atoms with van der Waals surface area (Å²) in [6.45, 7) is 4.92. The topological polar surface area (TPSA) is 51.0 Å². The first-order valence-corrected chi connectivity index (χ1v) is 7.07. The number of aromatic nitrogens is 2. The van der Waals surface area contributed by atoms with Crippen LogP contribution in [0, 0.1) is 6.92 Å². The van der Waals surface area contributed by atoms with Gasteiger partial charge in [0.2, 0.25) is 0 Å². The fraction of sp³-hybridized carbons (Fsp3) is 0.286. The van der Waals surface area contributed by atoms with E-state index in [4.69, 9.17) is 4.42 Å². The molecule has 1 unspecified atom stereocenters. The summed E-state index contributed by atoms with van der Waals surface area (Å²) in [5, 5.41) is 8.65. The molecule has 4 nitrogen and oxygen atoms in total. The zero-order valence-electron chi connectivity index (χ0n) is 10.9. The normalized spacial score (nSPS) is 12.9. The van der Waals surface area contributed by atoms with Gasteiger partial charge in [-0.2, -0.15) is 0 Å². The van der Waals surface area contributed by atoms with E-state index in [9.17, 15) is 0 Å². The monoisotopic (exact) mass is 273 g/mol. The number of fused-ring (bicyclic) bond motifs is 1. The molecule has 0 aliphatic carbocycles. The largest absolute Gasteiger partial charge is 0.459 e. The van der Waals surface area contributed by atoms with Crippen LogP contribution in [0.5, 0.6) is 0 Å². The number of nitrogens with one attached hydrogen (secondary N) is 1. The van der Waals surface area contributed by atoms with Crippen LogP contribution in [0.15, 0.2) is 34.7 Å². The van der Waals surface area contributed by atoms with Crippen molar-refractivity contribution in [1.82, 2.24) is 14.9 Å². The van der Waals surface area contributed by atoms with Gasteiger partial charge >= 0.3 is 0 Å². The minimum absolute atomic E-state index is 0.0254. The lowest BCUT2D eigenvalue weighted by Gasteiger charge is -2.13. The number of aryl methyl sites for hydroxylation is 1. The molecule has 1 aromatic carbocycles. The fourth-order valence-corrected chi connectivity index (χ4v) is 2.90. The van der Waals surface area contributed by atoms with Crippen LogP contribution in [0.1, 0.15) is 29.3 Å². The second-order valence-corrected chi connectivity index (χ2v) is 5.19. The Morgan fingerprint density at radius 3 is 2.89 bits per heavy atom. The zero-order chi connectivity index (χ0) is 13.2. The smallest absolute Gasteiger partial charge is 0.134 e. The fourth-order valence-electron chi connectivity index (χ4n) is 2.17. The molecule has 0 spiro atoms. The molecular formula is C14H15N3OS. The van der Waals surface area contributed by atoms with E-state index in [2.05, 4.69) is 34.0 Å². The van der Waals surface area contributed by atoms with E-state index in [0.717, 1.165) is 33.8 Å². The lowest BCUT2D eigenvalue weighted by molar-refractivity contribution is 0.479. The summed E-state index contributed by atoms with van der Waals surface area (Å²) in [6, 6.07) is 10.2. The number of hydrogen-bond donors (Lipinski definition) is 1. The molecule has 0 saturated carbocycles. The predicted octanol–water partition coefficient (Wildman–Crippen LogP) is 3.29. The third kappa shape index (κ3) is 2.27. The molecule has 0 aliphatic rings. The SMILES string of the molecule is CCNC(c1cc2ccccc2o1)c1snnc1C. The van der Waals surface area contributed by atoms with Crippen molar-refractivity contribution in [3.05, 3.63) is 46.7 Å². The molecule has 0 saturated heterocycles. The molecule has 0 aliphatic heterocycles. The summed E-state index contributed by atoms with van der Waals surface area (Å²) in [6.07, 6.45) is 0. The summed E-state index contributed by atoms with van der Waals surface area (Å²) in [7, 11) is 0. The Balaban J connectivity index is 2.07. The third-order valence-corrected chi connectivity index (χ3v) is 3.98. The molecule has 0 radical (unpaired) electrons. The second-order valence-electron chi connectivity index (χ2n) is 4.40. The number of para-hydroxylation sites is 1. The summed E-state index contributed by atoms with van der Waals surface area (Å²) < 4.78 is 9.96. The molecule has 19 heavy (non-hydrogen) atoms. The van der Waals surface area contributed by atoms with Gasteiger partial charge in [0.25, 0.3) is 0 Å². The molecule has 2 aromatic heterocycles. The average Bonchev–Trinajstić information content (AvgIpc) is 3.02. The summed E-state index contributed by atoms with van der Waals surface area (Å²) in [4.78, 5) is 1.11. The van der Waals surface area contributed by atoms with Gasteiger partial charge in [-0.3, -0.25) is 0 Å². The van der Waals surface area contributed by atoms with Crippen molar-refractivity contribution in [3.63, 3.8) is 0 Å². The minimum Gasteiger partial charge on any atom is -0.459 e. The van der Waals surface area contributed by atoms with Gasteiger partial charge < -0.3 is 9.73 Å². The van der Waals surface area contributed by atoms with Crippen molar-refractivity contribution in [2.24, 2.45) is 0 Å². The highest BCUT2D eigenvalue weighted by Gasteiger charge is 2.22. The standard InChI is InChI=1S/C14H15N3OS/c1-3-15-13(14-9(2)16-17-19-14)12-8-10-6-4-5-7-11(10)18-12/h4-8,13,15H,3H2,1-2H3. The van der Waals surface area contributed by atoms with Crippen LogP contribution in [0.25, 0.3) is 11.0 Å². The maximum absolute atomic E-state index is 5.95. The lowest BCUT2D eigenvalue weighted by Crippen LogP contribution is -2.21. The van der Waals surface area contributed by atoms with E-state index in [1.165, 1.54) is 11.5 Å². The van der Waals surface area contributed by atoms with Crippen molar-refractivity contribution >= 4 is 22.5 Å². The van der Waals surface area contributed by atoms with Crippen LogP contribution in [-0.2, 0) is 0 Å². The summed E-state index contributed by atoms with van der Waals surface area (Å²) in [5.74, 6) is 0.914. The molecule has 3 rings (SSSR count). The van der Waals surface area contributed by atoms with Gasteiger partial charge in [0.05, 0.1) is 10.6 Å². The van der Waals surface area contributed by atoms with Crippen LogP contribution in [0.3, 0.4) is 0 Å². The number of rotatable bonds is 4. The third-order valence-electron chi connectivity index (χ3n) is 3.09. The molecule has 0 fully saturated rings. The summed E-state index contributed by atoms with van der Waals surface area (Å²) >= 11 is 1.42. The highest BCUT2D eigenvalue weighted by Crippen LogP contribution is 2.30. The van der Waals surface area contributed by atoms with E-state index in [-0.39, 0.29) is 6.04 Å². The molecule has 98 valence electrons. The Kier molecular flexibility index (Phi) is 3.31. The van der Waals surface area contributed by atoms with Gasteiger partial charge in [0.15, 0.2) is 0 Å². The van der Waals surface area contributed by atoms with E-state index >= 15 is 0 Å². The van der Waals surface area contributed by atoms with Crippen molar-refractivity contribution < 1.29 is 4.42 Å². The van der Waals surface area contributed by atoms with E-state index in [1.807, 2.05) is 25.1 Å². The molecule has 1 atom stereocenters. The first-order valence-electron chi connectivity index (χ1n) is 6.30. The van der Waals surface area contributed by atoms with Crippen LogP contribution in [0.4, 0.5) is 0 Å². The van der Waals surface area contributed by atoms with Gasteiger partial charge in [-0.15, -0.1) is 5.10 Å². The Morgan fingerprint density at radius 1 is 1.37 bits per heavy atom. The summed E-state index contributed by atoms with van der Waals surface area (Å²) in [5.41, 5.74) is 1.87. The molecule has 0 bridgehead atoms. The maximum Gasteiger partial charge on any atom is 0.134 e. The maximum atomic E-state index is 5.95. The average molecular weight is 273 g/mol. The quantitative estimate of drug-likeness (QED) is 0.792. The zero-order valence-corrected chi connectivity index (χ0v) is 11.7. The molecule has 1 N–H and O–H groups in total. The number of hydrogen-bond acceptors (Lipinski definition) is 5. The van der Waals surface area contributed by atoms with Gasteiger partial charge in [-0.25, -0.2) is 0 Å². The van der Waals surface area contributed by atoms with E-state index < -0.39 is 0 Å². The Labute approximate surface area is 115 Å². The van der Waals surface area contributed by atoms with Crippen LogP contribution in [0.2, 0.25) is 0 Å². The van der Waals surface area contributed by atoms with E-state index in [1.54, 1.807) is 0 Å². The highest BCUT2D eigenvalue weighted by atomic mass is 32.1. The predicted molar refractivity (Wildman–Crippen MR) is 76.4 cm³/mol. The van der Waals surface area contributed by atoms with Gasteiger partial charge in [-0.05, 0) is 37.1 Å². The number of furan rings is 1. The molecule has 3 aromatic rings. The van der Waals surface area contributed by atoms with Gasteiger partial charge in [-0.1, -0.05) is 29.6 Å². The molecular weight excluding hydrogens is 258 g/mol. The Morgan fingerprint density at radius 2 is 2.21 bits per heavy atom. The highest BCUT2D eigenvalue weighted by molar-refractivity contribution is 7.05. The molecule has 2 heterocycles. The van der Waals surface area contributed by atoms with Crippen molar-refractivity contribution in [3.8, 4) is 0 Å². The molecule has 5 heteroatoms. The number of benzene rings is 1. The first kappa shape index (κ1) is 12.3. The molecule has 0 amide bonds. The van der Waals surface area contributed by atoms with Crippen molar-refractivity contribution in [2.45, 2.75) is 19.9 Å². The Bertz CT molecular complexity index is 656. The van der Waals surface area contributed by atoms with Crippen LogP contribution >= 0.6 is 11.5 Å². The lowest BCUT2D eigenvalue weighted by atomic mass is 10.1. The minimum atomic E-state index is 0.0254. The van der Waals surface area contributed by atoms with Gasteiger partial charge in [0, 0.05) is 5.39 Å². The van der Waals surface area contributed by atoms with Crippen LogP contribution < -0.4 is 5.32 Å². The Hall–Kier alpha value is -1.72. The second kappa shape index (κ2) is 5.11. The van der Waals surface area contributed by atoms with Crippen molar-refractivity contribution in [1.29, 1.82) is 0 Å². The first-order chi connectivity index (χ1) is 9.29. The number of nitrogens with zero attached hydrogens (tertiary/aromatic N) is 2.